The molecule has 2 aromatic carbocycles. The summed E-state index contributed by atoms with van der Waals surface area (Å²) in [6, 6.07) is 16.1. The Balaban J connectivity index is 1.45. The number of nitrogens with zero attached hydrogens (tertiary/aromatic N) is 2. The zero-order chi connectivity index (χ0) is 20.4. The highest BCUT2D eigenvalue weighted by atomic mass is 16.7. The molecule has 1 aromatic heterocycles. The lowest BCUT2D eigenvalue weighted by Gasteiger charge is -2.12. The third-order valence-electron chi connectivity index (χ3n) is 4.15. The number of hydrogen-bond donors (Lipinski definition) is 0. The molecule has 0 bridgehead atoms. The lowest BCUT2D eigenvalue weighted by Crippen LogP contribution is -2.32. The molecule has 2 amide bonds. The van der Waals surface area contributed by atoms with Crippen LogP contribution in [0.5, 0.6) is 17.2 Å². The molecule has 0 aliphatic carbocycles. The van der Waals surface area contributed by atoms with Crippen LogP contribution in [0.25, 0.3) is 0 Å². The van der Waals surface area contributed by atoms with E-state index in [1.165, 1.54) is 30.5 Å². The predicted molar refractivity (Wildman–Crippen MR) is 99.7 cm³/mol. The van der Waals surface area contributed by atoms with Gasteiger partial charge in [-0.3, -0.25) is 9.59 Å². The van der Waals surface area contributed by atoms with Gasteiger partial charge < -0.3 is 14.3 Å². The summed E-state index contributed by atoms with van der Waals surface area (Å²) in [7, 11) is 1.55. The standard InChI is InChI=1S/C21H14N2O6/c1-27-13-5-4-6-14(11-13)28-15-9-10-18(22-12-15)21(26)29-23-19(24)16-7-2-3-8-17(16)20(23)25/h2-12H,1H3. The summed E-state index contributed by atoms with van der Waals surface area (Å²) in [6.45, 7) is 0. The average molecular weight is 390 g/mol. The van der Waals surface area contributed by atoms with Crippen LogP contribution in [0, 0.1) is 0 Å². The lowest BCUT2D eigenvalue weighted by atomic mass is 10.1. The van der Waals surface area contributed by atoms with Crippen molar-refractivity contribution in [2.45, 2.75) is 0 Å². The monoisotopic (exact) mass is 390 g/mol. The van der Waals surface area contributed by atoms with Gasteiger partial charge in [0.05, 0.1) is 24.4 Å². The number of pyridine rings is 1. The van der Waals surface area contributed by atoms with Gasteiger partial charge in [0.25, 0.3) is 11.8 Å². The largest absolute Gasteiger partial charge is 0.497 e. The van der Waals surface area contributed by atoms with Crippen LogP contribution in [0.1, 0.15) is 31.2 Å². The molecule has 2 heterocycles. The minimum absolute atomic E-state index is 0.0838. The minimum Gasteiger partial charge on any atom is -0.497 e. The number of methoxy groups -OCH3 is 1. The Bertz CT molecular complexity index is 1080. The maximum Gasteiger partial charge on any atom is 0.382 e. The molecule has 29 heavy (non-hydrogen) atoms. The molecule has 3 aromatic rings. The Kier molecular flexibility index (Phi) is 4.66. The molecule has 4 rings (SSSR count). The van der Waals surface area contributed by atoms with Gasteiger partial charge in [-0.2, -0.15) is 0 Å². The summed E-state index contributed by atoms with van der Waals surface area (Å²) >= 11 is 0. The molecule has 8 heteroatoms. The third-order valence-corrected chi connectivity index (χ3v) is 4.15. The number of ether oxygens (including phenoxy) is 2. The zero-order valence-electron chi connectivity index (χ0n) is 15.2. The van der Waals surface area contributed by atoms with Gasteiger partial charge in [-0.15, -0.1) is 0 Å². The van der Waals surface area contributed by atoms with E-state index in [9.17, 15) is 14.4 Å². The molecule has 0 radical (unpaired) electrons. The summed E-state index contributed by atoms with van der Waals surface area (Å²) < 4.78 is 10.8. The van der Waals surface area contributed by atoms with Crippen molar-refractivity contribution in [3.8, 4) is 17.2 Å². The van der Waals surface area contributed by atoms with Crippen molar-refractivity contribution in [3.63, 3.8) is 0 Å². The number of fused-ring (bicyclic) bond motifs is 1. The normalized spacial score (nSPS) is 12.5. The molecule has 1 aliphatic heterocycles. The fourth-order valence-electron chi connectivity index (χ4n) is 2.74. The maximum absolute atomic E-state index is 12.3. The summed E-state index contributed by atoms with van der Waals surface area (Å²) in [5, 5.41) is 0.440. The van der Waals surface area contributed by atoms with Crippen LogP contribution >= 0.6 is 0 Å². The Morgan fingerprint density at radius 3 is 2.17 bits per heavy atom. The van der Waals surface area contributed by atoms with E-state index in [1.807, 2.05) is 0 Å². The fourth-order valence-corrected chi connectivity index (χ4v) is 2.74. The van der Waals surface area contributed by atoms with Gasteiger partial charge in [0, 0.05) is 6.07 Å². The molecule has 0 fully saturated rings. The Labute approximate surface area is 165 Å². The Morgan fingerprint density at radius 1 is 0.862 bits per heavy atom. The summed E-state index contributed by atoms with van der Waals surface area (Å²) in [5.74, 6) is -0.777. The van der Waals surface area contributed by atoms with E-state index in [4.69, 9.17) is 14.3 Å². The molecule has 1 aliphatic rings. The summed E-state index contributed by atoms with van der Waals surface area (Å²) in [5.41, 5.74) is 0.278. The second kappa shape index (κ2) is 7.43. The van der Waals surface area contributed by atoms with Crippen molar-refractivity contribution >= 4 is 17.8 Å². The molecule has 0 spiro atoms. The van der Waals surface area contributed by atoms with Gasteiger partial charge in [-0.1, -0.05) is 23.3 Å². The molecular formula is C21H14N2O6. The molecule has 144 valence electrons. The Morgan fingerprint density at radius 2 is 1.55 bits per heavy atom. The molecule has 0 unspecified atom stereocenters. The average Bonchev–Trinajstić information content (AvgIpc) is 2.99. The molecule has 0 atom stereocenters. The van der Waals surface area contributed by atoms with E-state index in [0.29, 0.717) is 22.3 Å². The van der Waals surface area contributed by atoms with E-state index < -0.39 is 17.8 Å². The van der Waals surface area contributed by atoms with Gasteiger partial charge in [-0.25, -0.2) is 9.78 Å². The topological polar surface area (TPSA) is 95.0 Å². The first-order valence-electron chi connectivity index (χ1n) is 8.55. The zero-order valence-corrected chi connectivity index (χ0v) is 15.2. The van der Waals surface area contributed by atoms with Crippen LogP contribution in [0.2, 0.25) is 0 Å². The van der Waals surface area contributed by atoms with Gasteiger partial charge in [0.15, 0.2) is 5.69 Å². The fraction of sp³-hybridized carbons (Fsp3) is 0.0476. The maximum atomic E-state index is 12.3. The van der Waals surface area contributed by atoms with Crippen molar-refractivity contribution in [3.05, 3.63) is 83.7 Å². The van der Waals surface area contributed by atoms with Crippen LogP contribution in [-0.2, 0) is 4.84 Å². The van der Waals surface area contributed by atoms with Crippen LogP contribution in [-0.4, -0.2) is 34.9 Å². The third kappa shape index (κ3) is 3.51. The van der Waals surface area contributed by atoms with Crippen molar-refractivity contribution < 1.29 is 28.7 Å². The number of benzene rings is 2. The van der Waals surface area contributed by atoms with Crippen LogP contribution in [0.4, 0.5) is 0 Å². The number of amides is 2. The first kappa shape index (κ1) is 18.2. The van der Waals surface area contributed by atoms with E-state index in [1.54, 1.807) is 43.5 Å². The molecular weight excluding hydrogens is 376 g/mol. The highest BCUT2D eigenvalue weighted by Gasteiger charge is 2.38. The van der Waals surface area contributed by atoms with Crippen molar-refractivity contribution in [2.24, 2.45) is 0 Å². The second-order valence-corrected chi connectivity index (χ2v) is 5.99. The SMILES string of the molecule is COc1cccc(Oc2ccc(C(=O)ON3C(=O)c4ccccc4C3=O)nc2)c1. The van der Waals surface area contributed by atoms with Gasteiger partial charge in [0.2, 0.25) is 0 Å². The van der Waals surface area contributed by atoms with Gasteiger partial charge >= 0.3 is 5.97 Å². The highest BCUT2D eigenvalue weighted by Crippen LogP contribution is 2.26. The quantitative estimate of drug-likeness (QED) is 0.617. The van der Waals surface area contributed by atoms with Crippen LogP contribution in [0.15, 0.2) is 66.9 Å². The van der Waals surface area contributed by atoms with E-state index in [0.717, 1.165) is 0 Å². The molecule has 8 nitrogen and oxygen atoms in total. The van der Waals surface area contributed by atoms with Crippen molar-refractivity contribution in [1.82, 2.24) is 10.0 Å². The minimum atomic E-state index is -0.938. The number of carbonyl (C=O) groups excluding carboxylic acids is 3. The lowest BCUT2D eigenvalue weighted by molar-refractivity contribution is -0.0588. The van der Waals surface area contributed by atoms with Crippen LogP contribution < -0.4 is 9.47 Å². The smallest absolute Gasteiger partial charge is 0.382 e. The number of imide groups is 1. The first-order valence-corrected chi connectivity index (χ1v) is 8.55. The second-order valence-electron chi connectivity index (χ2n) is 5.99. The Hall–Kier alpha value is -4.20. The summed E-state index contributed by atoms with van der Waals surface area (Å²) in [4.78, 5) is 45.8. The number of hydrogen-bond acceptors (Lipinski definition) is 7. The van der Waals surface area contributed by atoms with Crippen LogP contribution in [0.3, 0.4) is 0 Å². The number of carbonyl (C=O) groups is 3. The van der Waals surface area contributed by atoms with Crippen molar-refractivity contribution in [1.29, 1.82) is 0 Å². The number of rotatable bonds is 5. The van der Waals surface area contributed by atoms with Crippen molar-refractivity contribution in [2.75, 3.05) is 7.11 Å². The predicted octanol–water partition coefficient (Wildman–Crippen LogP) is 3.25. The number of hydroxylamine groups is 2. The van der Waals surface area contributed by atoms with Gasteiger partial charge in [0.1, 0.15) is 17.2 Å². The number of aromatic nitrogens is 1. The summed E-state index contributed by atoms with van der Waals surface area (Å²) in [6.07, 6.45) is 1.33. The van der Waals surface area contributed by atoms with E-state index in [2.05, 4.69) is 4.98 Å². The highest BCUT2D eigenvalue weighted by molar-refractivity contribution is 6.21. The molecule has 0 saturated heterocycles. The van der Waals surface area contributed by atoms with E-state index >= 15 is 0 Å². The molecule has 0 saturated carbocycles. The molecule has 0 N–H and O–H groups in total. The van der Waals surface area contributed by atoms with E-state index in [-0.39, 0.29) is 16.8 Å². The first-order chi connectivity index (χ1) is 14.1. The van der Waals surface area contributed by atoms with Gasteiger partial charge in [-0.05, 0) is 36.4 Å².